The van der Waals surface area contributed by atoms with Gasteiger partial charge in [0.05, 0.1) is 18.9 Å². The third-order valence-corrected chi connectivity index (χ3v) is 2.91. The molecule has 2 rings (SSSR count). The van der Waals surface area contributed by atoms with Crippen molar-refractivity contribution in [3.63, 3.8) is 0 Å². The lowest BCUT2D eigenvalue weighted by Gasteiger charge is -2.10. The average Bonchev–Trinajstić information content (AvgIpc) is 3.10. The zero-order chi connectivity index (χ0) is 10.7. The molecule has 1 saturated carbocycles. The van der Waals surface area contributed by atoms with Crippen molar-refractivity contribution in [2.45, 2.75) is 31.8 Å². The fraction of sp³-hybridized carbons (Fsp3) is 0.583. The topological polar surface area (TPSA) is 42.4 Å². The maximum absolute atomic E-state index is 9.75. The smallest absolute Gasteiger partial charge is 0.140 e. The highest BCUT2D eigenvalue weighted by molar-refractivity contribution is 5.26. The van der Waals surface area contributed by atoms with E-state index in [1.165, 1.54) is 12.8 Å². The second-order valence-electron chi connectivity index (χ2n) is 4.10. The molecular formula is C12H17NO2. The summed E-state index contributed by atoms with van der Waals surface area (Å²) < 4.78 is 5.21. The second kappa shape index (κ2) is 4.62. The summed E-state index contributed by atoms with van der Waals surface area (Å²) in [5, 5.41) is 9.75. The third-order valence-electron chi connectivity index (χ3n) is 2.91. The van der Waals surface area contributed by atoms with Crippen molar-refractivity contribution in [2.24, 2.45) is 5.92 Å². The Morgan fingerprint density at radius 2 is 2.40 bits per heavy atom. The van der Waals surface area contributed by atoms with Gasteiger partial charge in [0.25, 0.3) is 0 Å². The molecule has 82 valence electrons. The average molecular weight is 207 g/mol. The lowest BCUT2D eigenvalue weighted by atomic mass is 10.1. The Labute approximate surface area is 90.1 Å². The van der Waals surface area contributed by atoms with Crippen molar-refractivity contribution in [3.8, 4) is 5.75 Å². The summed E-state index contributed by atoms with van der Waals surface area (Å²) in [6, 6.07) is 3.77. The first-order valence-electron chi connectivity index (χ1n) is 5.47. The molecule has 0 spiro atoms. The zero-order valence-electron chi connectivity index (χ0n) is 9.02. The number of hydrogen-bond acceptors (Lipinski definition) is 3. The maximum Gasteiger partial charge on any atom is 0.140 e. The van der Waals surface area contributed by atoms with Crippen LogP contribution in [0.1, 0.15) is 25.0 Å². The van der Waals surface area contributed by atoms with Gasteiger partial charge in [0.1, 0.15) is 5.75 Å². The highest BCUT2D eigenvalue weighted by Gasteiger charge is 2.29. The van der Waals surface area contributed by atoms with Crippen molar-refractivity contribution in [1.29, 1.82) is 0 Å². The standard InChI is InChI=1S/C12H17NO2/c1-15-12-3-2-8-13-10(12)6-7-11(14)9-4-5-9/h2-3,8-9,11,14H,4-7H2,1H3. The van der Waals surface area contributed by atoms with Crippen LogP contribution in [0.2, 0.25) is 0 Å². The van der Waals surface area contributed by atoms with E-state index in [9.17, 15) is 5.11 Å². The fourth-order valence-electron chi connectivity index (χ4n) is 1.80. The van der Waals surface area contributed by atoms with Gasteiger partial charge in [0, 0.05) is 6.20 Å². The van der Waals surface area contributed by atoms with Crippen LogP contribution >= 0.6 is 0 Å². The minimum Gasteiger partial charge on any atom is -0.495 e. The summed E-state index contributed by atoms with van der Waals surface area (Å²) in [6.45, 7) is 0. The van der Waals surface area contributed by atoms with Crippen LogP contribution in [0.25, 0.3) is 0 Å². The number of ether oxygens (including phenoxy) is 1. The normalized spacial score (nSPS) is 17.5. The first kappa shape index (κ1) is 10.4. The van der Waals surface area contributed by atoms with Gasteiger partial charge >= 0.3 is 0 Å². The molecule has 1 heterocycles. The second-order valence-corrected chi connectivity index (χ2v) is 4.10. The van der Waals surface area contributed by atoms with E-state index in [4.69, 9.17) is 4.74 Å². The quantitative estimate of drug-likeness (QED) is 0.800. The Morgan fingerprint density at radius 1 is 1.60 bits per heavy atom. The molecule has 1 aromatic rings. The van der Waals surface area contributed by atoms with Crippen LogP contribution in [0.4, 0.5) is 0 Å². The molecule has 1 unspecified atom stereocenters. The van der Waals surface area contributed by atoms with E-state index in [2.05, 4.69) is 4.98 Å². The van der Waals surface area contributed by atoms with Gasteiger partial charge < -0.3 is 9.84 Å². The predicted octanol–water partition coefficient (Wildman–Crippen LogP) is 1.79. The summed E-state index contributed by atoms with van der Waals surface area (Å²) >= 11 is 0. The largest absolute Gasteiger partial charge is 0.495 e. The Kier molecular flexibility index (Phi) is 3.21. The van der Waals surface area contributed by atoms with Gasteiger partial charge in [-0.15, -0.1) is 0 Å². The van der Waals surface area contributed by atoms with Gasteiger partial charge in [-0.3, -0.25) is 4.98 Å². The summed E-state index contributed by atoms with van der Waals surface area (Å²) in [6.07, 6.45) is 5.55. The Hall–Kier alpha value is -1.09. The van der Waals surface area contributed by atoms with Crippen LogP contribution in [-0.2, 0) is 6.42 Å². The lowest BCUT2D eigenvalue weighted by Crippen LogP contribution is -2.11. The van der Waals surface area contributed by atoms with Gasteiger partial charge in [-0.2, -0.15) is 0 Å². The number of rotatable bonds is 5. The van der Waals surface area contributed by atoms with E-state index in [0.717, 1.165) is 24.3 Å². The number of pyridine rings is 1. The molecular weight excluding hydrogens is 190 g/mol. The number of aliphatic hydroxyl groups is 1. The van der Waals surface area contributed by atoms with Gasteiger partial charge in [-0.05, 0) is 43.7 Å². The van der Waals surface area contributed by atoms with Crippen LogP contribution in [0.15, 0.2) is 18.3 Å². The summed E-state index contributed by atoms with van der Waals surface area (Å²) in [4.78, 5) is 4.27. The molecule has 1 N–H and O–H groups in total. The predicted molar refractivity (Wildman–Crippen MR) is 57.8 cm³/mol. The molecule has 0 amide bonds. The van der Waals surface area contributed by atoms with Crippen LogP contribution in [0.3, 0.4) is 0 Å². The molecule has 1 fully saturated rings. The minimum absolute atomic E-state index is 0.156. The van der Waals surface area contributed by atoms with Crippen molar-refractivity contribution < 1.29 is 9.84 Å². The van der Waals surface area contributed by atoms with E-state index in [1.807, 2.05) is 12.1 Å². The molecule has 0 aliphatic heterocycles. The molecule has 0 aromatic carbocycles. The van der Waals surface area contributed by atoms with Gasteiger partial charge in [-0.1, -0.05) is 0 Å². The SMILES string of the molecule is COc1cccnc1CCC(O)C1CC1. The highest BCUT2D eigenvalue weighted by atomic mass is 16.5. The molecule has 0 radical (unpaired) electrons. The molecule has 1 aliphatic carbocycles. The van der Waals surface area contributed by atoms with Crippen LogP contribution < -0.4 is 4.74 Å². The van der Waals surface area contributed by atoms with Crippen LogP contribution in [0, 0.1) is 5.92 Å². The maximum atomic E-state index is 9.75. The lowest BCUT2D eigenvalue weighted by molar-refractivity contribution is 0.141. The molecule has 1 aliphatic rings. The van der Waals surface area contributed by atoms with Gasteiger partial charge in [0.2, 0.25) is 0 Å². The molecule has 15 heavy (non-hydrogen) atoms. The van der Waals surface area contributed by atoms with Crippen molar-refractivity contribution in [1.82, 2.24) is 4.98 Å². The van der Waals surface area contributed by atoms with Gasteiger partial charge in [-0.25, -0.2) is 0 Å². The summed E-state index contributed by atoms with van der Waals surface area (Å²) in [5.74, 6) is 1.36. The number of hydrogen-bond donors (Lipinski definition) is 1. The fourth-order valence-corrected chi connectivity index (χ4v) is 1.80. The number of aryl methyl sites for hydroxylation is 1. The Balaban J connectivity index is 1.91. The first-order valence-corrected chi connectivity index (χ1v) is 5.47. The molecule has 0 bridgehead atoms. The minimum atomic E-state index is -0.156. The molecule has 1 aromatic heterocycles. The van der Waals surface area contributed by atoms with Crippen molar-refractivity contribution in [3.05, 3.63) is 24.0 Å². The Bertz CT molecular complexity index is 323. The Morgan fingerprint density at radius 3 is 3.07 bits per heavy atom. The van der Waals surface area contributed by atoms with Crippen molar-refractivity contribution in [2.75, 3.05) is 7.11 Å². The molecule has 0 saturated heterocycles. The van der Waals surface area contributed by atoms with Crippen LogP contribution in [0.5, 0.6) is 5.75 Å². The highest BCUT2D eigenvalue weighted by Crippen LogP contribution is 2.34. The number of nitrogens with zero attached hydrogens (tertiary/aromatic N) is 1. The first-order chi connectivity index (χ1) is 7.31. The van der Waals surface area contributed by atoms with E-state index in [1.54, 1.807) is 13.3 Å². The molecule has 1 atom stereocenters. The molecule has 3 nitrogen and oxygen atoms in total. The summed E-state index contributed by atoms with van der Waals surface area (Å²) in [7, 11) is 1.65. The number of aromatic nitrogens is 1. The number of methoxy groups -OCH3 is 1. The summed E-state index contributed by atoms with van der Waals surface area (Å²) in [5.41, 5.74) is 0.944. The van der Waals surface area contributed by atoms with Crippen LogP contribution in [-0.4, -0.2) is 23.3 Å². The molecule has 3 heteroatoms. The zero-order valence-corrected chi connectivity index (χ0v) is 9.02. The van der Waals surface area contributed by atoms with Gasteiger partial charge in [0.15, 0.2) is 0 Å². The van der Waals surface area contributed by atoms with E-state index in [0.29, 0.717) is 5.92 Å². The number of aliphatic hydroxyl groups excluding tert-OH is 1. The van der Waals surface area contributed by atoms with E-state index >= 15 is 0 Å². The monoisotopic (exact) mass is 207 g/mol. The third kappa shape index (κ3) is 2.69. The van der Waals surface area contributed by atoms with E-state index in [-0.39, 0.29) is 6.10 Å². The van der Waals surface area contributed by atoms with E-state index < -0.39 is 0 Å². The van der Waals surface area contributed by atoms with Crippen molar-refractivity contribution >= 4 is 0 Å².